The van der Waals surface area contributed by atoms with Crippen molar-refractivity contribution in [3.63, 3.8) is 0 Å². The van der Waals surface area contributed by atoms with Crippen molar-refractivity contribution in [2.75, 3.05) is 26.2 Å². The smallest absolute Gasteiger partial charge is 0.251 e. The molecule has 0 heterocycles. The normalized spacial score (nSPS) is 10.0. The Bertz CT molecular complexity index is 676. The molecule has 2 aromatic rings. The third-order valence-corrected chi connectivity index (χ3v) is 3.52. The minimum Gasteiger partial charge on any atom is -0.355 e. The second-order valence-corrected chi connectivity index (χ2v) is 5.27. The van der Waals surface area contributed by atoms with Crippen molar-refractivity contribution in [1.82, 2.24) is 16.0 Å². The molecule has 2 amide bonds. The molecular formula is C18H24ClN3O2. The van der Waals surface area contributed by atoms with E-state index in [0.717, 1.165) is 23.9 Å². The molecule has 6 heteroatoms. The van der Waals surface area contributed by atoms with E-state index < -0.39 is 0 Å². The van der Waals surface area contributed by atoms with Crippen molar-refractivity contribution < 1.29 is 9.59 Å². The molecule has 0 saturated heterocycles. The second kappa shape index (κ2) is 10.6. The van der Waals surface area contributed by atoms with Crippen LogP contribution in [0.5, 0.6) is 0 Å². The van der Waals surface area contributed by atoms with E-state index in [2.05, 4.69) is 16.0 Å². The molecule has 0 fully saturated rings. The van der Waals surface area contributed by atoms with Gasteiger partial charge in [0.1, 0.15) is 0 Å². The lowest BCUT2D eigenvalue weighted by Gasteiger charge is -2.07. The first-order valence-corrected chi connectivity index (χ1v) is 7.95. The van der Waals surface area contributed by atoms with Gasteiger partial charge in [0.2, 0.25) is 5.91 Å². The quantitative estimate of drug-likeness (QED) is 0.639. The van der Waals surface area contributed by atoms with Gasteiger partial charge in [-0.15, -0.1) is 12.4 Å². The number of carbonyl (C=O) groups is 2. The van der Waals surface area contributed by atoms with E-state index in [1.54, 1.807) is 6.07 Å². The highest BCUT2D eigenvalue weighted by Crippen LogP contribution is 2.15. The summed E-state index contributed by atoms with van der Waals surface area (Å²) < 4.78 is 0. The number of nitrogens with one attached hydrogen (secondary N) is 3. The number of fused-ring (bicyclic) bond motifs is 1. The van der Waals surface area contributed by atoms with Gasteiger partial charge in [0.05, 0.1) is 0 Å². The molecule has 24 heavy (non-hydrogen) atoms. The molecule has 2 rings (SSSR count). The van der Waals surface area contributed by atoms with Crippen LogP contribution in [0.4, 0.5) is 0 Å². The van der Waals surface area contributed by atoms with E-state index in [-0.39, 0.29) is 30.6 Å². The van der Waals surface area contributed by atoms with Gasteiger partial charge in [0.25, 0.3) is 5.91 Å². The molecule has 0 atom stereocenters. The molecule has 0 aliphatic heterocycles. The van der Waals surface area contributed by atoms with Gasteiger partial charge < -0.3 is 16.0 Å². The van der Waals surface area contributed by atoms with Crippen LogP contribution in [0.25, 0.3) is 10.8 Å². The van der Waals surface area contributed by atoms with Crippen LogP contribution >= 0.6 is 12.4 Å². The van der Waals surface area contributed by atoms with Gasteiger partial charge in [0.15, 0.2) is 0 Å². The number of likely N-dealkylation sites (N-methyl/N-ethyl adjacent to an activating group) is 1. The summed E-state index contributed by atoms with van der Waals surface area (Å²) in [5.74, 6) is -0.210. The van der Waals surface area contributed by atoms with Crippen LogP contribution in [0.2, 0.25) is 0 Å². The predicted octanol–water partition coefficient (Wildman–Crippen LogP) is 2.11. The maximum atomic E-state index is 12.1. The van der Waals surface area contributed by atoms with Gasteiger partial charge in [-0.05, 0) is 29.4 Å². The fourth-order valence-electron chi connectivity index (χ4n) is 2.28. The first-order chi connectivity index (χ1) is 11.2. The van der Waals surface area contributed by atoms with Gasteiger partial charge >= 0.3 is 0 Å². The third-order valence-electron chi connectivity index (χ3n) is 3.52. The second-order valence-electron chi connectivity index (χ2n) is 5.27. The van der Waals surface area contributed by atoms with Crippen molar-refractivity contribution in [3.05, 3.63) is 48.0 Å². The zero-order chi connectivity index (χ0) is 16.5. The summed E-state index contributed by atoms with van der Waals surface area (Å²) in [4.78, 5) is 23.7. The highest BCUT2D eigenvalue weighted by atomic mass is 35.5. The summed E-state index contributed by atoms with van der Waals surface area (Å²) in [6.45, 7) is 4.59. The maximum Gasteiger partial charge on any atom is 0.251 e. The van der Waals surface area contributed by atoms with Crippen LogP contribution in [0.15, 0.2) is 42.5 Å². The predicted molar refractivity (Wildman–Crippen MR) is 99.7 cm³/mol. The molecule has 0 bridgehead atoms. The molecular weight excluding hydrogens is 326 g/mol. The number of hydrogen-bond donors (Lipinski definition) is 3. The van der Waals surface area contributed by atoms with E-state index in [4.69, 9.17) is 0 Å². The van der Waals surface area contributed by atoms with E-state index >= 15 is 0 Å². The van der Waals surface area contributed by atoms with Crippen LogP contribution in [-0.2, 0) is 4.79 Å². The Hall–Kier alpha value is -2.11. The van der Waals surface area contributed by atoms with Crippen molar-refractivity contribution in [2.45, 2.75) is 13.3 Å². The van der Waals surface area contributed by atoms with E-state index in [0.29, 0.717) is 18.7 Å². The fraction of sp³-hybridized carbons (Fsp3) is 0.333. The van der Waals surface area contributed by atoms with Crippen molar-refractivity contribution in [2.24, 2.45) is 0 Å². The number of carbonyl (C=O) groups excluding carboxylic acids is 2. The Morgan fingerprint density at radius 2 is 1.67 bits per heavy atom. The lowest BCUT2D eigenvalue weighted by molar-refractivity contribution is -0.120. The monoisotopic (exact) mass is 349 g/mol. The molecule has 5 nitrogen and oxygen atoms in total. The summed E-state index contributed by atoms with van der Waals surface area (Å²) in [7, 11) is 0. The summed E-state index contributed by atoms with van der Waals surface area (Å²) >= 11 is 0. The minimum absolute atomic E-state index is 0. The number of hydrogen-bond acceptors (Lipinski definition) is 3. The van der Waals surface area contributed by atoms with E-state index in [9.17, 15) is 9.59 Å². The summed E-state index contributed by atoms with van der Waals surface area (Å²) in [5, 5.41) is 10.8. The topological polar surface area (TPSA) is 70.2 Å². The molecule has 3 N–H and O–H groups in total. The van der Waals surface area contributed by atoms with Gasteiger partial charge in [-0.3, -0.25) is 9.59 Å². The number of amides is 2. The van der Waals surface area contributed by atoms with Crippen molar-refractivity contribution in [3.8, 4) is 0 Å². The maximum absolute atomic E-state index is 12.1. The Kier molecular flexibility index (Phi) is 8.83. The molecule has 0 aromatic heterocycles. The zero-order valence-electron chi connectivity index (χ0n) is 13.8. The Morgan fingerprint density at radius 1 is 0.917 bits per heavy atom. The lowest BCUT2D eigenvalue weighted by Crippen LogP contribution is -2.34. The summed E-state index contributed by atoms with van der Waals surface area (Å²) in [6.07, 6.45) is 0.283. The SMILES string of the molecule is CCNCCNC(=O)CCNC(=O)c1ccc2ccccc2c1.Cl. The molecule has 0 saturated carbocycles. The molecule has 0 unspecified atom stereocenters. The van der Waals surface area contributed by atoms with Gasteiger partial charge in [-0.25, -0.2) is 0 Å². The average molecular weight is 350 g/mol. The molecule has 0 aliphatic carbocycles. The van der Waals surface area contributed by atoms with Gasteiger partial charge in [-0.1, -0.05) is 37.3 Å². The number of halogens is 1. The fourth-order valence-corrected chi connectivity index (χ4v) is 2.28. The van der Waals surface area contributed by atoms with Crippen LogP contribution < -0.4 is 16.0 Å². The molecule has 0 radical (unpaired) electrons. The minimum atomic E-state index is -0.156. The van der Waals surface area contributed by atoms with Gasteiger partial charge in [0, 0.05) is 31.6 Å². The van der Waals surface area contributed by atoms with Gasteiger partial charge in [-0.2, -0.15) is 0 Å². The first kappa shape index (κ1) is 19.9. The van der Waals surface area contributed by atoms with Crippen LogP contribution in [0.1, 0.15) is 23.7 Å². The summed E-state index contributed by atoms with van der Waals surface area (Å²) in [6, 6.07) is 13.5. The van der Waals surface area contributed by atoms with E-state index in [1.165, 1.54) is 0 Å². The van der Waals surface area contributed by atoms with Crippen molar-refractivity contribution in [1.29, 1.82) is 0 Å². The van der Waals surface area contributed by atoms with Crippen LogP contribution in [-0.4, -0.2) is 38.0 Å². The molecule has 2 aromatic carbocycles. The average Bonchev–Trinajstić information content (AvgIpc) is 2.58. The number of rotatable bonds is 8. The highest BCUT2D eigenvalue weighted by molar-refractivity contribution is 5.98. The molecule has 0 spiro atoms. The molecule has 130 valence electrons. The third kappa shape index (κ3) is 6.18. The Labute approximate surface area is 148 Å². The zero-order valence-corrected chi connectivity index (χ0v) is 14.6. The Balaban J connectivity index is 0.00000288. The van der Waals surface area contributed by atoms with Crippen molar-refractivity contribution >= 4 is 35.0 Å². The standard InChI is InChI=1S/C18H23N3O2.ClH/c1-2-19-11-12-20-17(22)9-10-21-18(23)16-8-7-14-5-3-4-6-15(14)13-16;/h3-8,13,19H,2,9-12H2,1H3,(H,20,22)(H,21,23);1H. The van der Waals surface area contributed by atoms with E-state index in [1.807, 2.05) is 43.3 Å². The largest absolute Gasteiger partial charge is 0.355 e. The number of benzene rings is 2. The van der Waals surface area contributed by atoms with Crippen LogP contribution in [0, 0.1) is 0 Å². The Morgan fingerprint density at radius 3 is 2.42 bits per heavy atom. The highest BCUT2D eigenvalue weighted by Gasteiger charge is 2.07. The first-order valence-electron chi connectivity index (χ1n) is 7.95. The lowest BCUT2D eigenvalue weighted by atomic mass is 10.1. The molecule has 0 aliphatic rings. The summed E-state index contributed by atoms with van der Waals surface area (Å²) in [5.41, 5.74) is 0.608. The van der Waals surface area contributed by atoms with Crippen LogP contribution in [0.3, 0.4) is 0 Å².